The minimum absolute atomic E-state index is 0.00883. The number of aliphatic hydroxyl groups is 4. The molecule has 15 nitrogen and oxygen atoms in total. The smallest absolute Gasteiger partial charge is 0.309 e. The van der Waals surface area contributed by atoms with Gasteiger partial charge in [-0.2, -0.15) is 0 Å². The lowest BCUT2D eigenvalue weighted by molar-refractivity contribution is -0.384. The van der Waals surface area contributed by atoms with Crippen molar-refractivity contribution in [3.63, 3.8) is 0 Å². The molecule has 0 amide bonds. The molecule has 0 bridgehead atoms. The van der Waals surface area contributed by atoms with Crippen LogP contribution in [-0.2, 0) is 52.3 Å². The molecular weight excluding hydrogens is 660 g/mol. The Morgan fingerprint density at radius 3 is 1.80 bits per heavy atom. The highest BCUT2D eigenvalue weighted by Gasteiger charge is 2.61. The largest absolute Gasteiger partial charge is 0.463 e. The van der Waals surface area contributed by atoms with Gasteiger partial charge in [0.25, 0.3) is 0 Å². The first-order valence-corrected chi connectivity index (χ1v) is 18.1. The molecule has 15 heteroatoms. The van der Waals surface area contributed by atoms with Crippen molar-refractivity contribution in [3.05, 3.63) is 0 Å². The van der Waals surface area contributed by atoms with Gasteiger partial charge in [0.15, 0.2) is 18.3 Å². The topological polar surface area (TPSA) is 214 Å². The number of ether oxygens (including phenoxy) is 7. The summed E-state index contributed by atoms with van der Waals surface area (Å²) < 4.78 is 41.1. The SMILES string of the molecule is CCCCCCCC(=O)O[C@@H]1[C@@H](OC(=O)[C@H](C)CC)[C@@H](O[C@]2(CO)O[C@H](CO)[C@@H](O)[C@@H]2O)O[C@H](COC(=O)[C@H](C)CC)[C@H]1OC(=O)[C@H](C)CC. The lowest BCUT2D eigenvalue weighted by atomic mass is 9.96. The number of hydrogen-bond donors (Lipinski definition) is 4. The molecule has 0 radical (unpaired) electrons. The Balaban J connectivity index is 2.67. The van der Waals surface area contributed by atoms with E-state index in [4.69, 9.17) is 33.2 Å². The van der Waals surface area contributed by atoms with Crippen LogP contribution in [0.1, 0.15) is 106 Å². The van der Waals surface area contributed by atoms with Gasteiger partial charge in [-0.1, -0.05) is 74.1 Å². The van der Waals surface area contributed by atoms with Gasteiger partial charge in [-0.25, -0.2) is 0 Å². The number of hydrogen-bond acceptors (Lipinski definition) is 15. The van der Waals surface area contributed by atoms with Crippen LogP contribution in [0.2, 0.25) is 0 Å². The Morgan fingerprint density at radius 2 is 1.28 bits per heavy atom. The fourth-order valence-electron chi connectivity index (χ4n) is 5.37. The molecule has 0 aromatic carbocycles. The van der Waals surface area contributed by atoms with Crippen molar-refractivity contribution in [2.45, 2.75) is 161 Å². The molecule has 0 aliphatic carbocycles. The predicted molar refractivity (Wildman–Crippen MR) is 176 cm³/mol. The predicted octanol–water partition coefficient (Wildman–Crippen LogP) is 2.31. The highest BCUT2D eigenvalue weighted by Crippen LogP contribution is 2.38. The van der Waals surface area contributed by atoms with Gasteiger partial charge in [-0.05, 0) is 25.7 Å². The van der Waals surface area contributed by atoms with E-state index in [1.165, 1.54) is 0 Å². The summed E-state index contributed by atoms with van der Waals surface area (Å²) >= 11 is 0. The Kier molecular flexibility index (Phi) is 18.6. The Labute approximate surface area is 295 Å². The molecule has 12 atom stereocenters. The summed E-state index contributed by atoms with van der Waals surface area (Å²) in [6, 6.07) is 0. The maximum absolute atomic E-state index is 13.4. The summed E-state index contributed by atoms with van der Waals surface area (Å²) in [5, 5.41) is 41.6. The van der Waals surface area contributed by atoms with Crippen LogP contribution in [0.25, 0.3) is 0 Å². The molecule has 290 valence electrons. The summed E-state index contributed by atoms with van der Waals surface area (Å²) in [7, 11) is 0. The van der Waals surface area contributed by atoms with Crippen molar-refractivity contribution in [2.24, 2.45) is 17.8 Å². The number of unbranched alkanes of at least 4 members (excludes halogenated alkanes) is 4. The highest BCUT2D eigenvalue weighted by atomic mass is 16.8. The fourth-order valence-corrected chi connectivity index (χ4v) is 5.37. The molecule has 2 saturated heterocycles. The van der Waals surface area contributed by atoms with Gasteiger partial charge in [0.2, 0.25) is 12.1 Å². The van der Waals surface area contributed by atoms with E-state index in [0.717, 1.165) is 25.7 Å². The average molecular weight is 721 g/mol. The highest BCUT2D eigenvalue weighted by molar-refractivity contribution is 5.74. The van der Waals surface area contributed by atoms with E-state index in [-0.39, 0.29) is 6.42 Å². The summed E-state index contributed by atoms with van der Waals surface area (Å²) in [4.78, 5) is 52.8. The van der Waals surface area contributed by atoms with Crippen LogP contribution in [0.3, 0.4) is 0 Å². The van der Waals surface area contributed by atoms with Crippen LogP contribution >= 0.6 is 0 Å². The number of carbonyl (C=O) groups is 4. The van der Waals surface area contributed by atoms with E-state index in [0.29, 0.717) is 25.7 Å². The summed E-state index contributed by atoms with van der Waals surface area (Å²) in [5.74, 6) is -6.85. The lowest BCUT2D eigenvalue weighted by Gasteiger charge is -2.46. The van der Waals surface area contributed by atoms with Crippen molar-refractivity contribution in [3.8, 4) is 0 Å². The molecule has 2 aliphatic heterocycles. The minimum Gasteiger partial charge on any atom is -0.463 e. The molecule has 0 saturated carbocycles. The molecule has 2 aliphatic rings. The zero-order chi connectivity index (χ0) is 37.6. The molecule has 0 aromatic heterocycles. The van der Waals surface area contributed by atoms with Crippen molar-refractivity contribution in [2.75, 3.05) is 19.8 Å². The molecule has 2 rings (SSSR count). The molecule has 4 N–H and O–H groups in total. The Morgan fingerprint density at radius 1 is 0.720 bits per heavy atom. The molecule has 0 spiro atoms. The van der Waals surface area contributed by atoms with Gasteiger partial charge in [0.1, 0.15) is 37.6 Å². The Bertz CT molecular complexity index is 1070. The third kappa shape index (κ3) is 11.6. The van der Waals surface area contributed by atoms with E-state index in [2.05, 4.69) is 6.92 Å². The molecule has 2 fully saturated rings. The van der Waals surface area contributed by atoms with Crippen molar-refractivity contribution >= 4 is 23.9 Å². The molecule has 2 heterocycles. The van der Waals surface area contributed by atoms with Crippen LogP contribution in [0.5, 0.6) is 0 Å². The fraction of sp³-hybridized carbons (Fsp3) is 0.886. The standard InChI is InChI=1S/C35H60O15/c1-8-12-13-14-15-16-25(38)46-28-27(47-32(42)21(6)10-3)24(18-44-31(41)20(5)9-2)45-34(29(28)48-33(43)22(7)11-4)50-35(19-37)30(40)26(39)23(17-36)49-35/h20-24,26-30,34,36-37,39-40H,8-19H2,1-7H3/t20-,21-,22-,23-,24-,26-,27-,28+,29-,30+,34-,35+/m1/s1. The van der Waals surface area contributed by atoms with Gasteiger partial charge in [0.05, 0.1) is 24.4 Å². The van der Waals surface area contributed by atoms with Crippen LogP contribution in [-0.4, -0.2) is 119 Å². The first kappa shape index (κ1) is 43.8. The minimum atomic E-state index is -2.41. The number of carbonyl (C=O) groups excluding carboxylic acids is 4. The molecule has 50 heavy (non-hydrogen) atoms. The number of rotatable bonds is 21. The normalized spacial score (nSPS) is 31.3. The lowest BCUT2D eigenvalue weighted by Crippen LogP contribution is -2.65. The summed E-state index contributed by atoms with van der Waals surface area (Å²) in [6.45, 7) is 9.99. The second kappa shape index (κ2) is 21.2. The van der Waals surface area contributed by atoms with Crippen molar-refractivity contribution in [1.82, 2.24) is 0 Å². The van der Waals surface area contributed by atoms with E-state index < -0.39 is 116 Å². The maximum atomic E-state index is 13.4. The van der Waals surface area contributed by atoms with Gasteiger partial charge >= 0.3 is 23.9 Å². The van der Waals surface area contributed by atoms with Crippen LogP contribution < -0.4 is 0 Å². The van der Waals surface area contributed by atoms with E-state index in [9.17, 15) is 39.6 Å². The number of aliphatic hydroxyl groups excluding tert-OH is 4. The quantitative estimate of drug-likeness (QED) is 0.0761. The van der Waals surface area contributed by atoms with E-state index >= 15 is 0 Å². The van der Waals surface area contributed by atoms with E-state index in [1.807, 2.05) is 0 Å². The molecule has 0 unspecified atom stereocenters. The van der Waals surface area contributed by atoms with Gasteiger partial charge in [0, 0.05) is 6.42 Å². The van der Waals surface area contributed by atoms with Crippen molar-refractivity contribution < 1.29 is 72.8 Å². The second-order valence-electron chi connectivity index (χ2n) is 13.4. The van der Waals surface area contributed by atoms with Crippen molar-refractivity contribution in [1.29, 1.82) is 0 Å². The van der Waals surface area contributed by atoms with Gasteiger partial charge < -0.3 is 53.6 Å². The first-order valence-electron chi connectivity index (χ1n) is 18.1. The first-order chi connectivity index (χ1) is 23.7. The zero-order valence-corrected chi connectivity index (χ0v) is 30.6. The third-order valence-corrected chi connectivity index (χ3v) is 9.50. The van der Waals surface area contributed by atoms with Crippen LogP contribution in [0.4, 0.5) is 0 Å². The van der Waals surface area contributed by atoms with Crippen LogP contribution in [0.15, 0.2) is 0 Å². The summed E-state index contributed by atoms with van der Waals surface area (Å²) in [5.41, 5.74) is 0. The monoisotopic (exact) mass is 720 g/mol. The molecular formula is C35H60O15. The van der Waals surface area contributed by atoms with Gasteiger partial charge in [-0.3, -0.25) is 19.2 Å². The zero-order valence-electron chi connectivity index (χ0n) is 30.6. The summed E-state index contributed by atoms with van der Waals surface area (Å²) in [6.07, 6.45) is -7.52. The second-order valence-corrected chi connectivity index (χ2v) is 13.4. The average Bonchev–Trinajstić information content (AvgIpc) is 3.36. The van der Waals surface area contributed by atoms with E-state index in [1.54, 1.807) is 41.5 Å². The molecule has 0 aromatic rings. The number of esters is 4. The van der Waals surface area contributed by atoms with Crippen LogP contribution in [0, 0.1) is 17.8 Å². The maximum Gasteiger partial charge on any atom is 0.309 e. The Hall–Kier alpha value is -2.40. The van der Waals surface area contributed by atoms with Gasteiger partial charge in [-0.15, -0.1) is 0 Å². The third-order valence-electron chi connectivity index (χ3n) is 9.50.